The molecule has 32 heavy (non-hydrogen) atoms. The lowest BCUT2D eigenvalue weighted by Crippen LogP contribution is -2.54. The highest BCUT2D eigenvalue weighted by molar-refractivity contribution is 7.97. The van der Waals surface area contributed by atoms with E-state index in [0.717, 1.165) is 35.8 Å². The van der Waals surface area contributed by atoms with Gasteiger partial charge in [-0.05, 0) is 105 Å². The summed E-state index contributed by atoms with van der Waals surface area (Å²) in [6.07, 6.45) is 16.0. The maximum atomic E-state index is 2.73. The van der Waals surface area contributed by atoms with Gasteiger partial charge in [0.1, 0.15) is 0 Å². The number of rotatable bonds is 6. The Morgan fingerprint density at radius 2 is 1.38 bits per heavy atom. The van der Waals surface area contributed by atoms with Crippen LogP contribution in [0.25, 0.3) is 0 Å². The van der Waals surface area contributed by atoms with Crippen molar-refractivity contribution in [3.05, 3.63) is 24.3 Å². The first-order valence-corrected chi connectivity index (χ1v) is 14.7. The van der Waals surface area contributed by atoms with Crippen LogP contribution in [0.1, 0.15) is 101 Å². The molecule has 0 spiro atoms. The standard InChI is InChI=1S/C28H50N2S2/c1-21-13-14-23(19-24(21)32-30-27(7,8)17-12-18-28(30,9)10)22(2)20-31-29-25(3,4)15-11-16-26(29,5)6/h11-12,15,17,21-24H,13-14,16,18-20H2,1-10H3. The molecule has 4 atom stereocenters. The van der Waals surface area contributed by atoms with Crippen molar-refractivity contribution in [3.8, 4) is 0 Å². The van der Waals surface area contributed by atoms with Crippen molar-refractivity contribution in [1.82, 2.24) is 8.61 Å². The summed E-state index contributed by atoms with van der Waals surface area (Å²) in [5, 5.41) is 0.733. The van der Waals surface area contributed by atoms with Gasteiger partial charge in [-0.15, -0.1) is 0 Å². The first kappa shape index (κ1) is 26.7. The number of hydrogen-bond donors (Lipinski definition) is 0. The van der Waals surface area contributed by atoms with Gasteiger partial charge in [0.15, 0.2) is 0 Å². The molecule has 2 nitrogen and oxygen atoms in total. The van der Waals surface area contributed by atoms with Crippen LogP contribution < -0.4 is 0 Å². The van der Waals surface area contributed by atoms with E-state index in [2.05, 4.69) is 126 Å². The van der Waals surface area contributed by atoms with E-state index >= 15 is 0 Å². The molecule has 184 valence electrons. The normalized spacial score (nSPS) is 35.0. The lowest BCUT2D eigenvalue weighted by Gasteiger charge is -2.51. The Labute approximate surface area is 208 Å². The minimum atomic E-state index is 0.124. The van der Waals surface area contributed by atoms with E-state index in [1.54, 1.807) is 0 Å². The van der Waals surface area contributed by atoms with Crippen LogP contribution >= 0.6 is 23.9 Å². The molecular formula is C28H50N2S2. The minimum absolute atomic E-state index is 0.124. The first-order valence-electron chi connectivity index (χ1n) is 12.9. The summed E-state index contributed by atoms with van der Waals surface area (Å²) in [7, 11) is 0. The highest BCUT2D eigenvalue weighted by atomic mass is 32.2. The molecule has 3 aliphatic rings. The second-order valence-corrected chi connectivity index (χ2v) is 15.3. The third-order valence-corrected chi connectivity index (χ3v) is 12.1. The van der Waals surface area contributed by atoms with Crippen molar-refractivity contribution >= 4 is 23.9 Å². The van der Waals surface area contributed by atoms with Gasteiger partial charge in [0, 0.05) is 33.2 Å². The van der Waals surface area contributed by atoms with Gasteiger partial charge >= 0.3 is 0 Å². The molecular weight excluding hydrogens is 428 g/mol. The second-order valence-electron chi connectivity index (χ2n) is 13.2. The fourth-order valence-electron chi connectivity index (χ4n) is 6.19. The summed E-state index contributed by atoms with van der Waals surface area (Å²) < 4.78 is 5.41. The largest absolute Gasteiger partial charge is 0.235 e. The van der Waals surface area contributed by atoms with E-state index in [1.807, 2.05) is 0 Å². The Morgan fingerprint density at radius 3 is 1.91 bits per heavy atom. The van der Waals surface area contributed by atoms with Crippen LogP contribution in [0.15, 0.2) is 24.3 Å². The monoisotopic (exact) mass is 478 g/mol. The molecule has 1 fully saturated rings. The summed E-state index contributed by atoms with van der Waals surface area (Å²) >= 11 is 4.29. The fourth-order valence-corrected chi connectivity index (χ4v) is 9.31. The zero-order valence-electron chi connectivity index (χ0n) is 22.6. The van der Waals surface area contributed by atoms with Crippen LogP contribution in [-0.4, -0.2) is 41.8 Å². The zero-order valence-corrected chi connectivity index (χ0v) is 24.2. The van der Waals surface area contributed by atoms with Gasteiger partial charge in [-0.1, -0.05) is 62.0 Å². The van der Waals surface area contributed by atoms with Crippen LogP contribution in [0.3, 0.4) is 0 Å². The quantitative estimate of drug-likeness (QED) is 0.279. The van der Waals surface area contributed by atoms with E-state index in [9.17, 15) is 0 Å². The number of hydrogen-bond acceptors (Lipinski definition) is 4. The van der Waals surface area contributed by atoms with Gasteiger partial charge in [-0.2, -0.15) is 0 Å². The minimum Gasteiger partial charge on any atom is -0.235 e. The van der Waals surface area contributed by atoms with Gasteiger partial charge in [0.05, 0.1) is 0 Å². The molecule has 4 heteroatoms. The first-order chi connectivity index (χ1) is 14.7. The molecule has 0 N–H and O–H groups in total. The molecule has 0 aromatic rings. The molecule has 0 aromatic carbocycles. The summed E-state index contributed by atoms with van der Waals surface area (Å²) in [5.74, 6) is 3.64. The van der Waals surface area contributed by atoms with Crippen LogP contribution in [0.2, 0.25) is 0 Å². The molecule has 0 amide bonds. The molecule has 0 bridgehead atoms. The highest BCUT2D eigenvalue weighted by Gasteiger charge is 2.43. The Balaban J connectivity index is 1.63. The summed E-state index contributed by atoms with van der Waals surface area (Å²) in [6, 6.07) is 0. The molecule has 4 unspecified atom stereocenters. The molecule has 0 saturated heterocycles. The average molecular weight is 479 g/mol. The lowest BCUT2D eigenvalue weighted by molar-refractivity contribution is 0.145. The van der Waals surface area contributed by atoms with Crippen molar-refractivity contribution < 1.29 is 0 Å². The summed E-state index contributed by atoms with van der Waals surface area (Å²) in [4.78, 5) is 0. The maximum absolute atomic E-state index is 2.73. The Bertz CT molecular complexity index is 706. The topological polar surface area (TPSA) is 6.48 Å². The van der Waals surface area contributed by atoms with E-state index in [4.69, 9.17) is 0 Å². The third kappa shape index (κ3) is 5.83. The smallest absolute Gasteiger partial charge is 0.0442 e. The van der Waals surface area contributed by atoms with Gasteiger partial charge < -0.3 is 0 Å². The van der Waals surface area contributed by atoms with Crippen LogP contribution in [0.5, 0.6) is 0 Å². The van der Waals surface area contributed by atoms with Gasteiger partial charge in [-0.3, -0.25) is 0 Å². The van der Waals surface area contributed by atoms with E-state index in [-0.39, 0.29) is 22.2 Å². The summed E-state index contributed by atoms with van der Waals surface area (Å²) in [6.45, 7) is 24.2. The average Bonchev–Trinajstić information content (AvgIpc) is 2.64. The maximum Gasteiger partial charge on any atom is 0.0442 e. The van der Waals surface area contributed by atoms with E-state index < -0.39 is 0 Å². The van der Waals surface area contributed by atoms with Crippen molar-refractivity contribution in [2.75, 3.05) is 5.75 Å². The third-order valence-electron chi connectivity index (χ3n) is 8.11. The van der Waals surface area contributed by atoms with Crippen LogP contribution in [0, 0.1) is 17.8 Å². The molecule has 2 aliphatic heterocycles. The zero-order chi connectivity index (χ0) is 23.9. The molecule has 2 heterocycles. The van der Waals surface area contributed by atoms with E-state index in [1.165, 1.54) is 25.0 Å². The Kier molecular flexibility index (Phi) is 8.03. The molecule has 3 rings (SSSR count). The SMILES string of the molecule is CC(CSN1C(C)(C)C=CCC1(C)C)C1CCC(C)C(SN2C(C)(C)C=CCC2(C)C)C1. The van der Waals surface area contributed by atoms with Gasteiger partial charge in [0.25, 0.3) is 0 Å². The molecule has 0 radical (unpaired) electrons. The highest BCUT2D eigenvalue weighted by Crippen LogP contribution is 2.48. The Morgan fingerprint density at radius 1 is 0.844 bits per heavy atom. The molecule has 1 aliphatic carbocycles. The molecule has 0 aromatic heterocycles. The van der Waals surface area contributed by atoms with Crippen molar-refractivity contribution in [3.63, 3.8) is 0 Å². The van der Waals surface area contributed by atoms with Gasteiger partial charge in [-0.25, -0.2) is 8.61 Å². The van der Waals surface area contributed by atoms with Gasteiger partial charge in [0.2, 0.25) is 0 Å². The predicted octanol–water partition coefficient (Wildman–Crippen LogP) is 8.36. The van der Waals surface area contributed by atoms with Crippen molar-refractivity contribution in [2.24, 2.45) is 17.8 Å². The van der Waals surface area contributed by atoms with Crippen LogP contribution in [0.4, 0.5) is 0 Å². The van der Waals surface area contributed by atoms with E-state index in [0.29, 0.717) is 0 Å². The molecule has 1 saturated carbocycles. The fraction of sp³-hybridized carbons (Fsp3) is 0.857. The lowest BCUT2D eigenvalue weighted by atomic mass is 9.77. The van der Waals surface area contributed by atoms with Crippen LogP contribution in [-0.2, 0) is 0 Å². The second kappa shape index (κ2) is 9.63. The van der Waals surface area contributed by atoms with Crippen molar-refractivity contribution in [1.29, 1.82) is 0 Å². The van der Waals surface area contributed by atoms with Crippen molar-refractivity contribution in [2.45, 2.75) is 129 Å². The summed E-state index contributed by atoms with van der Waals surface area (Å²) in [5.41, 5.74) is 0.696. The number of nitrogens with zero attached hydrogens (tertiary/aromatic N) is 2. The predicted molar refractivity (Wildman–Crippen MR) is 147 cm³/mol. The Hall–Kier alpha value is 0.100.